The molecular weight excluding hydrogens is 340 g/mol. The zero-order chi connectivity index (χ0) is 19.1. The van der Waals surface area contributed by atoms with Crippen LogP contribution in [0, 0.1) is 0 Å². The number of benzene rings is 3. The highest BCUT2D eigenvalue weighted by molar-refractivity contribution is 5.97. The van der Waals surface area contributed by atoms with Crippen LogP contribution in [-0.4, -0.2) is 20.1 Å². The topological polar surface area (TPSA) is 59.6 Å². The lowest BCUT2D eigenvalue weighted by Gasteiger charge is -2.20. The minimum absolute atomic E-state index is 0.162. The summed E-state index contributed by atoms with van der Waals surface area (Å²) in [5.41, 5.74) is 2.37. The Hall–Kier alpha value is -3.47. The van der Waals surface area contributed by atoms with Crippen LogP contribution in [0.5, 0.6) is 11.5 Å². The molecule has 27 heavy (non-hydrogen) atoms. The third kappa shape index (κ3) is 4.79. The van der Waals surface area contributed by atoms with Crippen molar-refractivity contribution in [2.45, 2.75) is 6.04 Å². The Kier molecular flexibility index (Phi) is 5.94. The molecule has 0 fully saturated rings. The van der Waals surface area contributed by atoms with Crippen molar-refractivity contribution in [3.8, 4) is 11.5 Å². The van der Waals surface area contributed by atoms with E-state index in [4.69, 9.17) is 9.47 Å². The molecule has 0 bridgehead atoms. The molecule has 2 N–H and O–H groups in total. The summed E-state index contributed by atoms with van der Waals surface area (Å²) in [6.07, 6.45) is 0. The van der Waals surface area contributed by atoms with Crippen LogP contribution >= 0.6 is 0 Å². The molecule has 0 aliphatic rings. The lowest BCUT2D eigenvalue weighted by Crippen LogP contribution is -2.27. The van der Waals surface area contributed by atoms with Gasteiger partial charge < -0.3 is 20.1 Å². The van der Waals surface area contributed by atoms with Gasteiger partial charge in [-0.15, -0.1) is 0 Å². The van der Waals surface area contributed by atoms with Crippen molar-refractivity contribution in [3.05, 3.63) is 84.4 Å². The predicted molar refractivity (Wildman–Crippen MR) is 107 cm³/mol. The monoisotopic (exact) mass is 362 g/mol. The first kappa shape index (κ1) is 18.3. The Morgan fingerprint density at radius 1 is 0.778 bits per heavy atom. The van der Waals surface area contributed by atoms with Crippen molar-refractivity contribution >= 4 is 17.3 Å². The highest BCUT2D eigenvalue weighted by Crippen LogP contribution is 2.24. The third-order valence-corrected chi connectivity index (χ3v) is 4.13. The quantitative estimate of drug-likeness (QED) is 0.650. The molecule has 0 spiro atoms. The van der Waals surface area contributed by atoms with Crippen molar-refractivity contribution in [2.24, 2.45) is 0 Å². The largest absolute Gasteiger partial charge is 0.497 e. The van der Waals surface area contributed by atoms with E-state index in [1.807, 2.05) is 72.8 Å². The molecular formula is C22H22N2O3. The number of anilines is 2. The Morgan fingerprint density at radius 2 is 1.48 bits per heavy atom. The van der Waals surface area contributed by atoms with Crippen molar-refractivity contribution in [2.75, 3.05) is 24.9 Å². The lowest BCUT2D eigenvalue weighted by molar-refractivity contribution is -0.117. The fourth-order valence-electron chi connectivity index (χ4n) is 2.71. The highest BCUT2D eigenvalue weighted by atomic mass is 16.5. The van der Waals surface area contributed by atoms with Gasteiger partial charge in [0.2, 0.25) is 0 Å². The standard InChI is InChI=1S/C22H22N2O3/c1-26-19-13-11-17(12-14-19)23-21(16-7-4-3-5-8-16)22(25)24-18-9-6-10-20(15-18)27-2/h3-15,21,23H,1-2H3,(H,24,25)/t21-/m1/s1. The molecule has 1 amide bonds. The summed E-state index contributed by atoms with van der Waals surface area (Å²) in [4.78, 5) is 13.0. The molecule has 0 saturated carbocycles. The summed E-state index contributed by atoms with van der Waals surface area (Å²) in [6.45, 7) is 0. The molecule has 0 aliphatic carbocycles. The number of hydrogen-bond donors (Lipinski definition) is 2. The first-order valence-corrected chi connectivity index (χ1v) is 8.60. The van der Waals surface area contributed by atoms with E-state index in [1.165, 1.54) is 0 Å². The average molecular weight is 362 g/mol. The number of rotatable bonds is 7. The molecule has 0 unspecified atom stereocenters. The smallest absolute Gasteiger partial charge is 0.251 e. The van der Waals surface area contributed by atoms with Crippen molar-refractivity contribution in [3.63, 3.8) is 0 Å². The van der Waals surface area contributed by atoms with Gasteiger partial charge in [0.15, 0.2) is 0 Å². The molecule has 0 aromatic heterocycles. The van der Waals surface area contributed by atoms with E-state index in [1.54, 1.807) is 20.3 Å². The fraction of sp³-hybridized carbons (Fsp3) is 0.136. The van der Waals surface area contributed by atoms with Gasteiger partial charge in [-0.3, -0.25) is 4.79 Å². The summed E-state index contributed by atoms with van der Waals surface area (Å²) >= 11 is 0. The SMILES string of the molecule is COc1ccc(N[C@@H](C(=O)Nc2cccc(OC)c2)c2ccccc2)cc1. The molecule has 0 heterocycles. The van der Waals surface area contributed by atoms with Gasteiger partial charge in [0.25, 0.3) is 5.91 Å². The van der Waals surface area contributed by atoms with E-state index in [0.717, 1.165) is 17.0 Å². The summed E-state index contributed by atoms with van der Waals surface area (Å²) in [7, 11) is 3.22. The Labute approximate surface area is 158 Å². The van der Waals surface area contributed by atoms with Gasteiger partial charge in [0.05, 0.1) is 14.2 Å². The van der Waals surface area contributed by atoms with Crippen LogP contribution in [0.4, 0.5) is 11.4 Å². The van der Waals surface area contributed by atoms with Crippen LogP contribution in [0.15, 0.2) is 78.9 Å². The van der Waals surface area contributed by atoms with Crippen molar-refractivity contribution in [1.82, 2.24) is 0 Å². The predicted octanol–water partition coefficient (Wildman–Crippen LogP) is 4.50. The van der Waals surface area contributed by atoms with Gasteiger partial charge in [0.1, 0.15) is 17.5 Å². The maximum atomic E-state index is 13.0. The van der Waals surface area contributed by atoms with Gasteiger partial charge in [-0.05, 0) is 42.0 Å². The summed E-state index contributed by atoms with van der Waals surface area (Å²) < 4.78 is 10.4. The highest BCUT2D eigenvalue weighted by Gasteiger charge is 2.20. The maximum absolute atomic E-state index is 13.0. The molecule has 0 radical (unpaired) electrons. The van der Waals surface area contributed by atoms with Gasteiger partial charge >= 0.3 is 0 Å². The third-order valence-electron chi connectivity index (χ3n) is 4.13. The number of methoxy groups -OCH3 is 2. The first-order valence-electron chi connectivity index (χ1n) is 8.60. The van der Waals surface area contributed by atoms with Crippen LogP contribution in [0.3, 0.4) is 0 Å². The molecule has 3 aromatic rings. The Balaban J connectivity index is 1.83. The van der Waals surface area contributed by atoms with E-state index in [-0.39, 0.29) is 5.91 Å². The van der Waals surface area contributed by atoms with Gasteiger partial charge in [0, 0.05) is 17.4 Å². The number of amides is 1. The lowest BCUT2D eigenvalue weighted by atomic mass is 10.1. The zero-order valence-corrected chi connectivity index (χ0v) is 15.3. The van der Waals surface area contributed by atoms with E-state index < -0.39 is 6.04 Å². The molecule has 0 aliphatic heterocycles. The minimum atomic E-state index is -0.550. The van der Waals surface area contributed by atoms with Crippen LogP contribution in [0.25, 0.3) is 0 Å². The van der Waals surface area contributed by atoms with E-state index in [2.05, 4.69) is 10.6 Å². The molecule has 3 aromatic carbocycles. The second kappa shape index (κ2) is 8.76. The summed E-state index contributed by atoms with van der Waals surface area (Å²) in [6, 6.07) is 23.8. The molecule has 138 valence electrons. The Morgan fingerprint density at radius 3 is 2.15 bits per heavy atom. The number of ether oxygens (including phenoxy) is 2. The molecule has 5 nitrogen and oxygen atoms in total. The van der Waals surface area contributed by atoms with Crippen LogP contribution < -0.4 is 20.1 Å². The van der Waals surface area contributed by atoms with Gasteiger partial charge in [-0.1, -0.05) is 36.4 Å². The first-order chi connectivity index (χ1) is 13.2. The molecule has 1 atom stereocenters. The van der Waals surface area contributed by atoms with Crippen LogP contribution in [0.1, 0.15) is 11.6 Å². The van der Waals surface area contributed by atoms with E-state index >= 15 is 0 Å². The van der Waals surface area contributed by atoms with E-state index in [9.17, 15) is 4.79 Å². The van der Waals surface area contributed by atoms with Crippen molar-refractivity contribution < 1.29 is 14.3 Å². The van der Waals surface area contributed by atoms with E-state index in [0.29, 0.717) is 11.4 Å². The second-order valence-corrected chi connectivity index (χ2v) is 5.94. The molecule has 5 heteroatoms. The fourth-order valence-corrected chi connectivity index (χ4v) is 2.71. The second-order valence-electron chi connectivity index (χ2n) is 5.94. The Bertz CT molecular complexity index is 880. The van der Waals surface area contributed by atoms with Gasteiger partial charge in [-0.2, -0.15) is 0 Å². The number of nitrogens with one attached hydrogen (secondary N) is 2. The summed E-state index contributed by atoms with van der Waals surface area (Å²) in [5.74, 6) is 1.29. The molecule has 0 saturated heterocycles. The van der Waals surface area contributed by atoms with Gasteiger partial charge in [-0.25, -0.2) is 0 Å². The van der Waals surface area contributed by atoms with Crippen molar-refractivity contribution in [1.29, 1.82) is 0 Å². The number of carbonyl (C=O) groups is 1. The number of carbonyl (C=O) groups excluding carboxylic acids is 1. The summed E-state index contributed by atoms with van der Waals surface area (Å²) in [5, 5.41) is 6.25. The average Bonchev–Trinajstić information content (AvgIpc) is 2.73. The number of hydrogen-bond acceptors (Lipinski definition) is 4. The minimum Gasteiger partial charge on any atom is -0.497 e. The molecule has 3 rings (SSSR count). The zero-order valence-electron chi connectivity index (χ0n) is 15.3. The van der Waals surface area contributed by atoms with Crippen LogP contribution in [-0.2, 0) is 4.79 Å². The van der Waals surface area contributed by atoms with Crippen LogP contribution in [0.2, 0.25) is 0 Å². The normalized spacial score (nSPS) is 11.3. The maximum Gasteiger partial charge on any atom is 0.251 e.